The quantitative estimate of drug-likeness (QED) is 0.134. The van der Waals surface area contributed by atoms with E-state index in [2.05, 4.69) is 27.1 Å². The summed E-state index contributed by atoms with van der Waals surface area (Å²) in [6.07, 6.45) is 1.40. The van der Waals surface area contributed by atoms with Crippen LogP contribution in [0.4, 0.5) is 15.9 Å². The molecule has 4 aromatic rings. The molecule has 11 heteroatoms. The molecule has 0 aliphatic heterocycles. The van der Waals surface area contributed by atoms with Gasteiger partial charge in [0, 0.05) is 28.6 Å². The molecule has 188 valence electrons. The number of nitrogens with one attached hydrogen (secondary N) is 2. The van der Waals surface area contributed by atoms with E-state index in [4.69, 9.17) is 31.0 Å². The third-order valence-corrected chi connectivity index (χ3v) is 5.28. The largest absolute Gasteiger partial charge is 0.493 e. The number of carbonyl (C=O) groups is 1. The molecule has 0 bridgehead atoms. The minimum Gasteiger partial charge on any atom is -0.493 e. The first kappa shape index (κ1) is 25.5. The Bertz CT molecular complexity index is 1490. The predicted molar refractivity (Wildman–Crippen MR) is 135 cm³/mol. The number of hydrogen-bond acceptors (Lipinski definition) is 8. The zero-order chi connectivity index (χ0) is 26.2. The van der Waals surface area contributed by atoms with Crippen molar-refractivity contribution in [3.8, 4) is 29.1 Å². The van der Waals surface area contributed by atoms with Crippen LogP contribution in [0.25, 0.3) is 10.9 Å². The smallest absolute Gasteiger partial charge is 0.319 e. The van der Waals surface area contributed by atoms with Gasteiger partial charge in [-0.1, -0.05) is 17.5 Å². The Morgan fingerprint density at radius 1 is 1.05 bits per heavy atom. The van der Waals surface area contributed by atoms with Crippen molar-refractivity contribution in [2.45, 2.75) is 0 Å². The monoisotopic (exact) mass is 522 g/mol. The van der Waals surface area contributed by atoms with Gasteiger partial charge in [0.15, 0.2) is 11.5 Å². The highest BCUT2D eigenvalue weighted by atomic mass is 35.5. The molecule has 0 saturated carbocycles. The first-order chi connectivity index (χ1) is 18.0. The minimum absolute atomic E-state index is 0.00859. The van der Waals surface area contributed by atoms with Gasteiger partial charge in [-0.05, 0) is 48.5 Å². The summed E-state index contributed by atoms with van der Waals surface area (Å²) in [4.78, 5) is 19.6. The SMILES string of the molecule is COc1cc2ncnc(Nc3ccc(F)c(Cl)c3)c2cc1OCCOc1ccc(C#CC(=O)NO)cc1. The van der Waals surface area contributed by atoms with Gasteiger partial charge in [-0.15, -0.1) is 0 Å². The molecule has 3 aromatic carbocycles. The molecule has 0 spiro atoms. The van der Waals surface area contributed by atoms with Crippen molar-refractivity contribution in [2.24, 2.45) is 0 Å². The maximum absolute atomic E-state index is 13.5. The van der Waals surface area contributed by atoms with Crippen LogP contribution in [0.5, 0.6) is 17.2 Å². The summed E-state index contributed by atoms with van der Waals surface area (Å²) in [6.45, 7) is 0.452. The van der Waals surface area contributed by atoms with Gasteiger partial charge >= 0.3 is 5.91 Å². The highest BCUT2D eigenvalue weighted by molar-refractivity contribution is 6.31. The molecule has 0 fully saturated rings. The number of ether oxygens (including phenoxy) is 3. The molecule has 1 amide bonds. The van der Waals surface area contributed by atoms with E-state index in [0.29, 0.717) is 45.2 Å². The molecule has 0 aliphatic rings. The Balaban J connectivity index is 1.43. The molecule has 0 radical (unpaired) electrons. The molecule has 4 rings (SSSR count). The van der Waals surface area contributed by atoms with Crippen LogP contribution in [0.3, 0.4) is 0 Å². The maximum atomic E-state index is 13.5. The van der Waals surface area contributed by atoms with Crippen molar-refractivity contribution in [1.82, 2.24) is 15.4 Å². The van der Waals surface area contributed by atoms with E-state index < -0.39 is 11.7 Å². The molecule has 9 nitrogen and oxygen atoms in total. The Hall–Kier alpha value is -4.59. The van der Waals surface area contributed by atoms with Crippen LogP contribution in [0.2, 0.25) is 5.02 Å². The third kappa shape index (κ3) is 6.55. The fraction of sp³-hybridized carbons (Fsp3) is 0.115. The Morgan fingerprint density at radius 3 is 2.57 bits per heavy atom. The lowest BCUT2D eigenvalue weighted by Crippen LogP contribution is -2.15. The second kappa shape index (κ2) is 11.9. The van der Waals surface area contributed by atoms with Crippen LogP contribution in [0.1, 0.15) is 5.56 Å². The average Bonchev–Trinajstić information content (AvgIpc) is 2.92. The number of hydrogen-bond donors (Lipinski definition) is 3. The number of carbonyl (C=O) groups excluding carboxylic acids is 1. The predicted octanol–water partition coefficient (Wildman–Crippen LogP) is 4.49. The van der Waals surface area contributed by atoms with E-state index in [1.165, 1.54) is 31.0 Å². The van der Waals surface area contributed by atoms with E-state index in [1.54, 1.807) is 42.5 Å². The topological polar surface area (TPSA) is 115 Å². The molecule has 0 atom stereocenters. The van der Waals surface area contributed by atoms with Crippen LogP contribution < -0.4 is 25.0 Å². The minimum atomic E-state index is -0.795. The van der Waals surface area contributed by atoms with Crippen LogP contribution in [0, 0.1) is 17.7 Å². The van der Waals surface area contributed by atoms with E-state index in [0.717, 1.165) is 0 Å². The van der Waals surface area contributed by atoms with Gasteiger partial charge in [0.1, 0.15) is 36.9 Å². The van der Waals surface area contributed by atoms with Crippen molar-refractivity contribution in [3.05, 3.63) is 77.3 Å². The van der Waals surface area contributed by atoms with Gasteiger partial charge in [-0.25, -0.2) is 19.8 Å². The average molecular weight is 523 g/mol. The molecule has 37 heavy (non-hydrogen) atoms. The molecule has 3 N–H and O–H groups in total. The molecular weight excluding hydrogens is 503 g/mol. The number of aromatic nitrogens is 2. The van der Waals surface area contributed by atoms with Gasteiger partial charge < -0.3 is 19.5 Å². The second-order valence-electron chi connectivity index (χ2n) is 7.41. The normalized spacial score (nSPS) is 10.3. The van der Waals surface area contributed by atoms with Crippen molar-refractivity contribution in [3.63, 3.8) is 0 Å². The Kier molecular flexibility index (Phi) is 8.20. The third-order valence-electron chi connectivity index (χ3n) is 4.99. The lowest BCUT2D eigenvalue weighted by molar-refractivity contribution is -0.123. The van der Waals surface area contributed by atoms with Crippen LogP contribution >= 0.6 is 11.6 Å². The summed E-state index contributed by atoms with van der Waals surface area (Å²) >= 11 is 5.89. The van der Waals surface area contributed by atoms with Crippen LogP contribution in [0.15, 0.2) is 60.9 Å². The van der Waals surface area contributed by atoms with Gasteiger partial charge in [-0.3, -0.25) is 10.0 Å². The summed E-state index contributed by atoms with van der Waals surface area (Å²) < 4.78 is 30.6. The van der Waals surface area contributed by atoms with Crippen molar-refractivity contribution in [2.75, 3.05) is 25.6 Å². The number of rotatable bonds is 8. The van der Waals surface area contributed by atoms with E-state index in [-0.39, 0.29) is 18.2 Å². The van der Waals surface area contributed by atoms with Crippen molar-refractivity contribution >= 4 is 39.9 Å². The fourth-order valence-electron chi connectivity index (χ4n) is 3.25. The number of methoxy groups -OCH3 is 1. The zero-order valence-electron chi connectivity index (χ0n) is 19.4. The summed E-state index contributed by atoms with van der Waals surface area (Å²) in [6, 6.07) is 14.5. The van der Waals surface area contributed by atoms with Gasteiger partial charge in [0.25, 0.3) is 0 Å². The summed E-state index contributed by atoms with van der Waals surface area (Å²) in [5, 5.41) is 12.2. The first-order valence-corrected chi connectivity index (χ1v) is 11.2. The number of fused-ring (bicyclic) bond motifs is 1. The molecule has 0 unspecified atom stereocenters. The van der Waals surface area contributed by atoms with Gasteiger partial charge in [0.2, 0.25) is 0 Å². The number of hydroxylamine groups is 1. The first-order valence-electron chi connectivity index (χ1n) is 10.8. The zero-order valence-corrected chi connectivity index (χ0v) is 20.2. The standard InChI is InChI=1S/C26H20ClFN4O5/c1-35-23-14-22-19(26(30-15-29-22)31-17-5-8-21(28)20(27)12-17)13-24(23)37-11-10-36-18-6-2-16(3-7-18)4-9-25(33)32-34/h2-3,5-8,12-15,34H,10-11H2,1H3,(H,32,33)(H,29,30,31). The van der Waals surface area contributed by atoms with E-state index in [1.807, 2.05) is 0 Å². The lowest BCUT2D eigenvalue weighted by atomic mass is 10.2. The highest BCUT2D eigenvalue weighted by Crippen LogP contribution is 2.35. The second-order valence-corrected chi connectivity index (χ2v) is 7.82. The van der Waals surface area contributed by atoms with E-state index >= 15 is 0 Å². The van der Waals surface area contributed by atoms with Crippen molar-refractivity contribution in [1.29, 1.82) is 0 Å². The van der Waals surface area contributed by atoms with Gasteiger partial charge in [-0.2, -0.15) is 0 Å². The number of anilines is 2. The Morgan fingerprint density at radius 2 is 1.84 bits per heavy atom. The number of nitrogens with zero attached hydrogens (tertiary/aromatic N) is 2. The fourth-order valence-corrected chi connectivity index (χ4v) is 3.43. The molecule has 1 aromatic heterocycles. The Labute approximate surface area is 216 Å². The van der Waals surface area contributed by atoms with Crippen molar-refractivity contribution < 1.29 is 28.6 Å². The van der Waals surface area contributed by atoms with Crippen LogP contribution in [-0.2, 0) is 4.79 Å². The molecule has 0 aliphatic carbocycles. The van der Waals surface area contributed by atoms with Crippen LogP contribution in [-0.4, -0.2) is 41.4 Å². The summed E-state index contributed by atoms with van der Waals surface area (Å²) in [5.74, 6) is 5.54. The summed E-state index contributed by atoms with van der Waals surface area (Å²) in [7, 11) is 1.53. The molecule has 0 saturated heterocycles. The highest BCUT2D eigenvalue weighted by Gasteiger charge is 2.13. The molecule has 1 heterocycles. The number of amides is 1. The number of halogens is 2. The molecular formula is C26H20ClFN4O5. The summed E-state index contributed by atoms with van der Waals surface area (Å²) in [5.41, 5.74) is 3.21. The van der Waals surface area contributed by atoms with E-state index in [9.17, 15) is 9.18 Å². The lowest BCUT2D eigenvalue weighted by Gasteiger charge is -2.14. The van der Waals surface area contributed by atoms with Gasteiger partial charge in [0.05, 0.1) is 17.6 Å². The number of benzene rings is 3. The maximum Gasteiger partial charge on any atom is 0.319 e.